The summed E-state index contributed by atoms with van der Waals surface area (Å²) in [6.45, 7) is 4.00. The Kier molecular flexibility index (Phi) is 5.82. The van der Waals surface area contributed by atoms with E-state index in [0.717, 1.165) is 16.8 Å². The second-order valence-corrected chi connectivity index (χ2v) is 5.83. The maximum Gasteiger partial charge on any atom is 0.251 e. The number of benzene rings is 2. The van der Waals surface area contributed by atoms with Crippen molar-refractivity contribution < 1.29 is 9.59 Å². The molecule has 2 aromatic carbocycles. The SMILES string of the molecule is CNC(=O)c1ccc(Cl)c(NCC(=O)Nc2cccc(C)c2C)c1. The molecule has 5 nitrogen and oxygen atoms in total. The predicted octanol–water partition coefficient (Wildman–Crippen LogP) is 3.37. The van der Waals surface area contributed by atoms with Gasteiger partial charge in [0.05, 0.1) is 17.3 Å². The van der Waals surface area contributed by atoms with Crippen LogP contribution in [0.2, 0.25) is 5.02 Å². The zero-order valence-electron chi connectivity index (χ0n) is 13.9. The van der Waals surface area contributed by atoms with E-state index in [1.54, 1.807) is 25.2 Å². The van der Waals surface area contributed by atoms with Gasteiger partial charge in [-0.1, -0.05) is 23.7 Å². The number of hydrogen-bond donors (Lipinski definition) is 3. The molecule has 2 rings (SSSR count). The van der Waals surface area contributed by atoms with Crippen molar-refractivity contribution in [2.45, 2.75) is 13.8 Å². The molecule has 2 amide bonds. The lowest BCUT2D eigenvalue weighted by molar-refractivity contribution is -0.114. The molecule has 126 valence electrons. The molecule has 0 atom stereocenters. The van der Waals surface area contributed by atoms with Gasteiger partial charge in [-0.15, -0.1) is 0 Å². The van der Waals surface area contributed by atoms with Crippen LogP contribution in [-0.4, -0.2) is 25.4 Å². The fraction of sp³-hybridized carbons (Fsp3) is 0.222. The van der Waals surface area contributed by atoms with Crippen molar-refractivity contribution in [1.29, 1.82) is 0 Å². The predicted molar refractivity (Wildman–Crippen MR) is 97.9 cm³/mol. The Morgan fingerprint density at radius 1 is 1.08 bits per heavy atom. The number of rotatable bonds is 5. The van der Waals surface area contributed by atoms with Gasteiger partial charge in [0, 0.05) is 18.3 Å². The van der Waals surface area contributed by atoms with Crippen LogP contribution in [0.25, 0.3) is 0 Å². The highest BCUT2D eigenvalue weighted by Gasteiger charge is 2.10. The van der Waals surface area contributed by atoms with Crippen LogP contribution in [0.3, 0.4) is 0 Å². The van der Waals surface area contributed by atoms with Gasteiger partial charge in [0.15, 0.2) is 0 Å². The lowest BCUT2D eigenvalue weighted by Gasteiger charge is -2.12. The second kappa shape index (κ2) is 7.84. The molecular weight excluding hydrogens is 326 g/mol. The molecule has 0 heterocycles. The second-order valence-electron chi connectivity index (χ2n) is 5.42. The zero-order valence-corrected chi connectivity index (χ0v) is 14.6. The van der Waals surface area contributed by atoms with E-state index in [9.17, 15) is 9.59 Å². The van der Waals surface area contributed by atoms with Crippen LogP contribution in [0, 0.1) is 13.8 Å². The van der Waals surface area contributed by atoms with E-state index in [0.29, 0.717) is 16.3 Å². The monoisotopic (exact) mass is 345 g/mol. The van der Waals surface area contributed by atoms with Crippen LogP contribution in [0.5, 0.6) is 0 Å². The quantitative estimate of drug-likeness (QED) is 0.778. The molecule has 0 fully saturated rings. The maximum absolute atomic E-state index is 12.1. The average Bonchev–Trinajstić information content (AvgIpc) is 2.57. The number of carbonyl (C=O) groups is 2. The Morgan fingerprint density at radius 3 is 2.54 bits per heavy atom. The number of amides is 2. The zero-order chi connectivity index (χ0) is 17.7. The third-order valence-electron chi connectivity index (χ3n) is 3.77. The molecule has 6 heteroatoms. The summed E-state index contributed by atoms with van der Waals surface area (Å²) >= 11 is 6.11. The number of aryl methyl sites for hydroxylation is 1. The molecule has 0 radical (unpaired) electrons. The topological polar surface area (TPSA) is 70.2 Å². The Morgan fingerprint density at radius 2 is 1.83 bits per heavy atom. The van der Waals surface area contributed by atoms with E-state index in [4.69, 9.17) is 11.6 Å². The fourth-order valence-corrected chi connectivity index (χ4v) is 2.39. The third kappa shape index (κ3) is 4.26. The minimum absolute atomic E-state index is 0.0459. The van der Waals surface area contributed by atoms with Gasteiger partial charge >= 0.3 is 0 Å². The van der Waals surface area contributed by atoms with Crippen molar-refractivity contribution in [2.24, 2.45) is 0 Å². The standard InChI is InChI=1S/C18H20ClN3O2/c1-11-5-4-6-15(12(11)2)22-17(23)10-21-16-9-13(18(24)20-3)7-8-14(16)19/h4-9,21H,10H2,1-3H3,(H,20,24)(H,22,23). The van der Waals surface area contributed by atoms with Crippen LogP contribution in [0.15, 0.2) is 36.4 Å². The molecular formula is C18H20ClN3O2. The molecule has 0 aliphatic heterocycles. The van der Waals surface area contributed by atoms with Gasteiger partial charge in [0.25, 0.3) is 5.91 Å². The van der Waals surface area contributed by atoms with Crippen molar-refractivity contribution in [2.75, 3.05) is 24.2 Å². The molecule has 24 heavy (non-hydrogen) atoms. The van der Waals surface area contributed by atoms with Crippen LogP contribution in [0.4, 0.5) is 11.4 Å². The summed E-state index contributed by atoms with van der Waals surface area (Å²) in [6.07, 6.45) is 0. The number of nitrogens with one attached hydrogen (secondary N) is 3. The van der Waals surface area contributed by atoms with Gasteiger partial charge in [0.2, 0.25) is 5.91 Å². The lowest BCUT2D eigenvalue weighted by Crippen LogP contribution is -2.23. The van der Waals surface area contributed by atoms with Gasteiger partial charge in [0.1, 0.15) is 0 Å². The van der Waals surface area contributed by atoms with E-state index in [1.807, 2.05) is 32.0 Å². The molecule has 0 unspecified atom stereocenters. The Labute approximate surface area is 146 Å². The molecule has 0 spiro atoms. The Balaban J connectivity index is 2.04. The van der Waals surface area contributed by atoms with Crippen molar-refractivity contribution in [1.82, 2.24) is 5.32 Å². The summed E-state index contributed by atoms with van der Waals surface area (Å²) in [5, 5.41) is 8.82. The molecule has 0 saturated carbocycles. The summed E-state index contributed by atoms with van der Waals surface area (Å²) in [7, 11) is 1.56. The van der Waals surface area contributed by atoms with Crippen LogP contribution >= 0.6 is 11.6 Å². The van der Waals surface area contributed by atoms with Gasteiger partial charge in [-0.2, -0.15) is 0 Å². The van der Waals surface area contributed by atoms with Crippen LogP contribution < -0.4 is 16.0 Å². The number of hydrogen-bond acceptors (Lipinski definition) is 3. The average molecular weight is 346 g/mol. The van der Waals surface area contributed by atoms with Gasteiger partial charge < -0.3 is 16.0 Å². The van der Waals surface area contributed by atoms with Crippen LogP contribution in [0.1, 0.15) is 21.5 Å². The summed E-state index contributed by atoms with van der Waals surface area (Å²) in [5.74, 6) is -0.403. The van der Waals surface area contributed by atoms with Crippen molar-refractivity contribution >= 4 is 34.8 Å². The first kappa shape index (κ1) is 17.8. The fourth-order valence-electron chi connectivity index (χ4n) is 2.20. The highest BCUT2D eigenvalue weighted by atomic mass is 35.5. The third-order valence-corrected chi connectivity index (χ3v) is 4.10. The van der Waals surface area contributed by atoms with Gasteiger partial charge in [-0.3, -0.25) is 9.59 Å². The first-order valence-electron chi connectivity index (χ1n) is 7.54. The van der Waals surface area contributed by atoms with E-state index in [-0.39, 0.29) is 18.4 Å². The number of anilines is 2. The first-order chi connectivity index (χ1) is 11.4. The maximum atomic E-state index is 12.1. The van der Waals surface area contributed by atoms with Gasteiger partial charge in [-0.05, 0) is 49.2 Å². The molecule has 0 aliphatic carbocycles. The minimum atomic E-state index is -0.213. The van der Waals surface area contributed by atoms with E-state index < -0.39 is 0 Å². The number of halogens is 1. The number of carbonyl (C=O) groups excluding carboxylic acids is 2. The first-order valence-corrected chi connectivity index (χ1v) is 7.91. The Bertz CT molecular complexity index is 775. The van der Waals surface area contributed by atoms with E-state index in [2.05, 4.69) is 16.0 Å². The summed E-state index contributed by atoms with van der Waals surface area (Å²) in [6, 6.07) is 10.6. The normalized spacial score (nSPS) is 10.2. The highest BCUT2D eigenvalue weighted by molar-refractivity contribution is 6.33. The summed E-state index contributed by atoms with van der Waals surface area (Å²) < 4.78 is 0. The molecule has 0 bridgehead atoms. The van der Waals surface area contributed by atoms with E-state index >= 15 is 0 Å². The largest absolute Gasteiger partial charge is 0.375 e. The summed E-state index contributed by atoms with van der Waals surface area (Å²) in [5.41, 5.74) is 3.94. The molecule has 2 aromatic rings. The Hall–Kier alpha value is -2.53. The molecule has 0 saturated heterocycles. The molecule has 0 aliphatic rings. The van der Waals surface area contributed by atoms with E-state index in [1.165, 1.54) is 0 Å². The van der Waals surface area contributed by atoms with Gasteiger partial charge in [-0.25, -0.2) is 0 Å². The lowest BCUT2D eigenvalue weighted by atomic mass is 10.1. The highest BCUT2D eigenvalue weighted by Crippen LogP contribution is 2.23. The minimum Gasteiger partial charge on any atom is -0.375 e. The smallest absolute Gasteiger partial charge is 0.251 e. The van der Waals surface area contributed by atoms with Crippen molar-refractivity contribution in [3.8, 4) is 0 Å². The summed E-state index contributed by atoms with van der Waals surface area (Å²) in [4.78, 5) is 23.8. The van der Waals surface area contributed by atoms with Crippen molar-refractivity contribution in [3.63, 3.8) is 0 Å². The van der Waals surface area contributed by atoms with Crippen LogP contribution in [-0.2, 0) is 4.79 Å². The molecule has 3 N–H and O–H groups in total. The molecule has 0 aromatic heterocycles. The van der Waals surface area contributed by atoms with Crippen molar-refractivity contribution in [3.05, 3.63) is 58.1 Å².